The molecular formula is C23H25NO3. The van der Waals surface area contributed by atoms with E-state index in [1.807, 2.05) is 36.4 Å². The van der Waals surface area contributed by atoms with Crippen LogP contribution in [-0.4, -0.2) is 16.2 Å². The quantitative estimate of drug-likeness (QED) is 0.626. The van der Waals surface area contributed by atoms with E-state index in [0.717, 1.165) is 29.2 Å². The summed E-state index contributed by atoms with van der Waals surface area (Å²) < 4.78 is 12.1. The van der Waals surface area contributed by atoms with Crippen molar-refractivity contribution < 1.29 is 14.3 Å². The minimum atomic E-state index is 0.148. The lowest BCUT2D eigenvalue weighted by molar-refractivity contribution is 0.0276. The molecule has 140 valence electrons. The molecule has 2 aliphatic rings. The summed E-state index contributed by atoms with van der Waals surface area (Å²) in [5.74, 6) is 2.82. The first-order chi connectivity index (χ1) is 13.3. The summed E-state index contributed by atoms with van der Waals surface area (Å²) in [7, 11) is 0. The monoisotopic (exact) mass is 363 g/mol. The molecule has 2 saturated carbocycles. The number of hydrogen-bond acceptors (Lipinski definition) is 4. The Hall–Kier alpha value is -2.49. The van der Waals surface area contributed by atoms with Gasteiger partial charge in [0, 0.05) is 6.07 Å². The minimum Gasteiger partial charge on any atom is -0.507 e. The van der Waals surface area contributed by atoms with Gasteiger partial charge in [0.1, 0.15) is 23.1 Å². The topological polar surface area (TPSA) is 55.5 Å². The molecule has 3 unspecified atom stereocenters. The number of nitrogens with zero attached hydrogens (tertiary/aromatic N) is 1. The Balaban J connectivity index is 1.38. The maximum atomic E-state index is 10.6. The van der Waals surface area contributed by atoms with Crippen molar-refractivity contribution in [1.29, 1.82) is 0 Å². The summed E-state index contributed by atoms with van der Waals surface area (Å²) in [5, 5.41) is 10.6. The Morgan fingerprint density at radius 2 is 1.81 bits per heavy atom. The minimum absolute atomic E-state index is 0.148. The van der Waals surface area contributed by atoms with Gasteiger partial charge in [-0.2, -0.15) is 0 Å². The predicted molar refractivity (Wildman–Crippen MR) is 105 cm³/mol. The Kier molecular flexibility index (Phi) is 4.27. The van der Waals surface area contributed by atoms with Crippen molar-refractivity contribution in [2.45, 2.75) is 51.0 Å². The molecule has 0 aliphatic heterocycles. The lowest BCUT2D eigenvalue weighted by Crippen LogP contribution is -2.38. The smallest absolute Gasteiger partial charge is 0.231 e. The van der Waals surface area contributed by atoms with Gasteiger partial charge in [0.25, 0.3) is 0 Å². The first-order valence-electron chi connectivity index (χ1n) is 10.1. The van der Waals surface area contributed by atoms with E-state index in [2.05, 4.69) is 4.98 Å². The molecule has 2 fully saturated rings. The highest BCUT2D eigenvalue weighted by Crippen LogP contribution is 2.42. The first-order valence-corrected chi connectivity index (χ1v) is 10.1. The number of phenolic OH excluding ortho intramolecular Hbond substituents is 1. The zero-order valence-electron chi connectivity index (χ0n) is 15.4. The molecule has 5 rings (SSSR count). The number of hydrogen-bond donors (Lipinski definition) is 1. The zero-order valence-corrected chi connectivity index (χ0v) is 15.4. The normalized spacial score (nSPS) is 25.3. The Morgan fingerprint density at radius 1 is 0.963 bits per heavy atom. The van der Waals surface area contributed by atoms with E-state index in [4.69, 9.17) is 9.15 Å². The number of ether oxygens (including phenoxy) is 1. The fourth-order valence-electron chi connectivity index (χ4n) is 4.95. The van der Waals surface area contributed by atoms with E-state index in [0.29, 0.717) is 17.4 Å². The predicted octanol–water partition coefficient (Wildman–Crippen LogP) is 5.94. The van der Waals surface area contributed by atoms with Crippen LogP contribution in [0.3, 0.4) is 0 Å². The second kappa shape index (κ2) is 6.91. The third kappa shape index (κ3) is 3.18. The molecule has 0 amide bonds. The van der Waals surface area contributed by atoms with Crippen molar-refractivity contribution >= 4 is 11.1 Å². The summed E-state index contributed by atoms with van der Waals surface area (Å²) in [6.07, 6.45) is 9.32. The highest BCUT2D eigenvalue weighted by Gasteiger charge is 2.36. The van der Waals surface area contributed by atoms with Gasteiger partial charge in [-0.3, -0.25) is 0 Å². The van der Waals surface area contributed by atoms with Crippen LogP contribution < -0.4 is 4.74 Å². The van der Waals surface area contributed by atoms with E-state index in [1.54, 1.807) is 6.07 Å². The van der Waals surface area contributed by atoms with Gasteiger partial charge in [-0.05, 0) is 61.8 Å². The second-order valence-electron chi connectivity index (χ2n) is 7.96. The fourth-order valence-corrected chi connectivity index (χ4v) is 4.95. The number of benzene rings is 2. The molecule has 0 radical (unpaired) electrons. The summed E-state index contributed by atoms with van der Waals surface area (Å²) in [5.41, 5.74) is 2.10. The van der Waals surface area contributed by atoms with Gasteiger partial charge < -0.3 is 14.3 Å². The molecule has 2 aliphatic carbocycles. The molecule has 27 heavy (non-hydrogen) atoms. The highest BCUT2D eigenvalue weighted by molar-refractivity contribution is 5.77. The summed E-state index contributed by atoms with van der Waals surface area (Å²) in [4.78, 5) is 4.48. The Bertz CT molecular complexity index is 913. The number of oxazole rings is 1. The molecule has 0 spiro atoms. The van der Waals surface area contributed by atoms with E-state index in [1.165, 1.54) is 38.5 Å². The fraction of sp³-hybridized carbons (Fsp3) is 0.435. The highest BCUT2D eigenvalue weighted by atomic mass is 16.5. The van der Waals surface area contributed by atoms with Crippen LogP contribution in [0, 0.1) is 11.8 Å². The van der Waals surface area contributed by atoms with Gasteiger partial charge >= 0.3 is 0 Å². The van der Waals surface area contributed by atoms with Gasteiger partial charge in [0.15, 0.2) is 5.58 Å². The lowest BCUT2D eigenvalue weighted by atomic mass is 9.69. The van der Waals surface area contributed by atoms with Crippen LogP contribution in [0.1, 0.15) is 44.9 Å². The standard InChI is InChI=1S/C23H25NO3/c25-20-14-16(26-21-11-5-7-15-6-1-2-8-17(15)21)12-13-18(20)23-24-19-9-3-4-10-22(19)27-23/h3-4,9-10,12-15,17,21,25H,1-2,5-8,11H2. The van der Waals surface area contributed by atoms with Crippen molar-refractivity contribution in [1.82, 2.24) is 4.98 Å². The van der Waals surface area contributed by atoms with E-state index in [-0.39, 0.29) is 11.9 Å². The van der Waals surface area contributed by atoms with Crippen molar-refractivity contribution in [3.8, 4) is 23.0 Å². The Labute approximate surface area is 159 Å². The van der Waals surface area contributed by atoms with Crippen molar-refractivity contribution in [3.05, 3.63) is 42.5 Å². The molecule has 4 heteroatoms. The van der Waals surface area contributed by atoms with Crippen LogP contribution in [0.15, 0.2) is 46.9 Å². The number of fused-ring (bicyclic) bond motifs is 2. The van der Waals surface area contributed by atoms with Crippen molar-refractivity contribution in [3.63, 3.8) is 0 Å². The molecule has 1 aromatic heterocycles. The van der Waals surface area contributed by atoms with Gasteiger partial charge in [0.2, 0.25) is 5.89 Å². The zero-order chi connectivity index (χ0) is 18.2. The van der Waals surface area contributed by atoms with E-state index in [9.17, 15) is 5.11 Å². The molecule has 0 bridgehead atoms. The van der Waals surface area contributed by atoms with Crippen LogP contribution in [0.25, 0.3) is 22.6 Å². The third-order valence-electron chi connectivity index (χ3n) is 6.29. The molecule has 1 N–H and O–H groups in total. The maximum absolute atomic E-state index is 10.6. The lowest BCUT2D eigenvalue weighted by Gasteiger charge is -2.41. The molecule has 4 nitrogen and oxygen atoms in total. The number of aromatic hydroxyl groups is 1. The van der Waals surface area contributed by atoms with Gasteiger partial charge in [-0.15, -0.1) is 0 Å². The third-order valence-corrected chi connectivity index (χ3v) is 6.29. The summed E-state index contributed by atoms with van der Waals surface area (Å²) >= 11 is 0. The van der Waals surface area contributed by atoms with E-state index >= 15 is 0 Å². The number of aromatic nitrogens is 1. The second-order valence-corrected chi connectivity index (χ2v) is 7.96. The number of rotatable bonds is 3. The molecule has 3 atom stereocenters. The van der Waals surface area contributed by atoms with Crippen LogP contribution in [-0.2, 0) is 0 Å². The van der Waals surface area contributed by atoms with Crippen LogP contribution in [0.5, 0.6) is 11.5 Å². The van der Waals surface area contributed by atoms with Gasteiger partial charge in [-0.1, -0.05) is 31.4 Å². The molecular weight excluding hydrogens is 338 g/mol. The van der Waals surface area contributed by atoms with Gasteiger partial charge in [0.05, 0.1) is 5.56 Å². The van der Waals surface area contributed by atoms with Crippen molar-refractivity contribution in [2.75, 3.05) is 0 Å². The van der Waals surface area contributed by atoms with Crippen LogP contribution in [0.4, 0.5) is 0 Å². The molecule has 0 saturated heterocycles. The average molecular weight is 363 g/mol. The number of para-hydroxylation sites is 2. The first kappa shape index (κ1) is 16.7. The molecule has 2 aromatic carbocycles. The largest absolute Gasteiger partial charge is 0.507 e. The van der Waals surface area contributed by atoms with E-state index < -0.39 is 0 Å². The summed E-state index contributed by atoms with van der Waals surface area (Å²) in [6, 6.07) is 13.1. The Morgan fingerprint density at radius 3 is 2.70 bits per heavy atom. The van der Waals surface area contributed by atoms with Crippen molar-refractivity contribution in [2.24, 2.45) is 11.8 Å². The molecule has 3 aromatic rings. The summed E-state index contributed by atoms with van der Waals surface area (Å²) in [6.45, 7) is 0. The maximum Gasteiger partial charge on any atom is 0.231 e. The van der Waals surface area contributed by atoms with Crippen LogP contribution in [0.2, 0.25) is 0 Å². The molecule has 1 heterocycles. The van der Waals surface area contributed by atoms with Gasteiger partial charge in [-0.25, -0.2) is 4.98 Å². The average Bonchev–Trinajstić information content (AvgIpc) is 3.12. The number of phenols is 1. The van der Waals surface area contributed by atoms with Crippen LogP contribution >= 0.6 is 0 Å². The SMILES string of the molecule is Oc1cc(OC2CCCC3CCCCC32)ccc1-c1nc2ccccc2o1.